The molecule has 0 N–H and O–H groups in total. The van der Waals surface area contributed by atoms with Crippen LogP contribution in [0.15, 0.2) is 36.7 Å². The number of hydrogen-bond acceptors (Lipinski definition) is 3. The second kappa shape index (κ2) is 4.29. The summed E-state index contributed by atoms with van der Waals surface area (Å²) in [6.45, 7) is 1.95. The van der Waals surface area contributed by atoms with E-state index in [1.54, 1.807) is 0 Å². The molecule has 2 heterocycles. The molecule has 3 rings (SSSR count). The number of benzene rings is 1. The van der Waals surface area contributed by atoms with Crippen molar-refractivity contribution < 1.29 is 13.2 Å². The summed E-state index contributed by atoms with van der Waals surface area (Å²) < 4.78 is 38.9. The normalized spacial score (nSPS) is 12.0. The average molecular weight is 278 g/mol. The molecule has 102 valence electrons. The fourth-order valence-corrected chi connectivity index (χ4v) is 1.83. The second-order valence-electron chi connectivity index (χ2n) is 4.36. The summed E-state index contributed by atoms with van der Waals surface area (Å²) in [4.78, 5) is 7.36. The van der Waals surface area contributed by atoms with Gasteiger partial charge in [-0.2, -0.15) is 22.8 Å². The van der Waals surface area contributed by atoms with Gasteiger partial charge in [0.1, 0.15) is 0 Å². The predicted molar refractivity (Wildman–Crippen MR) is 66.0 cm³/mol. The van der Waals surface area contributed by atoms with Crippen LogP contribution in [-0.2, 0) is 6.18 Å². The largest absolute Gasteiger partial charge is 0.435 e. The number of fused-ring (bicyclic) bond motifs is 1. The summed E-state index contributed by atoms with van der Waals surface area (Å²) in [5.41, 5.74) is 1.46. The number of nitrogens with zero attached hydrogens (tertiary/aromatic N) is 4. The van der Waals surface area contributed by atoms with E-state index < -0.39 is 11.9 Å². The van der Waals surface area contributed by atoms with Crippen molar-refractivity contribution >= 4 is 5.78 Å². The Bertz CT molecular complexity index is 759. The predicted octanol–water partition coefficient (Wildman–Crippen LogP) is 3.12. The van der Waals surface area contributed by atoms with Crippen molar-refractivity contribution in [2.24, 2.45) is 0 Å². The third kappa shape index (κ3) is 2.11. The van der Waals surface area contributed by atoms with Crippen LogP contribution in [-0.4, -0.2) is 19.6 Å². The van der Waals surface area contributed by atoms with Crippen molar-refractivity contribution in [2.75, 3.05) is 0 Å². The molecule has 0 saturated heterocycles. The van der Waals surface area contributed by atoms with Crippen LogP contribution in [0.3, 0.4) is 0 Å². The number of imidazole rings is 1. The van der Waals surface area contributed by atoms with E-state index in [2.05, 4.69) is 15.1 Å². The summed E-state index contributed by atoms with van der Waals surface area (Å²) in [5.74, 6) is -0.0737. The number of aromatic nitrogens is 4. The first-order valence-corrected chi connectivity index (χ1v) is 5.80. The van der Waals surface area contributed by atoms with E-state index in [4.69, 9.17) is 0 Å². The van der Waals surface area contributed by atoms with Crippen molar-refractivity contribution in [2.45, 2.75) is 13.1 Å². The third-order valence-corrected chi connectivity index (χ3v) is 2.87. The molecule has 4 nitrogen and oxygen atoms in total. The highest BCUT2D eigenvalue weighted by Gasteiger charge is 2.33. The Morgan fingerprint density at radius 1 is 1.05 bits per heavy atom. The lowest BCUT2D eigenvalue weighted by atomic mass is 10.1. The van der Waals surface area contributed by atoms with Gasteiger partial charge in [0, 0.05) is 5.56 Å². The van der Waals surface area contributed by atoms with E-state index in [0.717, 1.165) is 11.1 Å². The maximum atomic E-state index is 12.6. The van der Waals surface area contributed by atoms with Crippen molar-refractivity contribution in [3.05, 3.63) is 47.9 Å². The Kier molecular flexibility index (Phi) is 2.70. The molecule has 0 bridgehead atoms. The molecule has 20 heavy (non-hydrogen) atoms. The minimum absolute atomic E-state index is 0.0737. The van der Waals surface area contributed by atoms with E-state index in [9.17, 15) is 13.2 Å². The summed E-state index contributed by atoms with van der Waals surface area (Å²) in [5, 5.41) is 3.78. The molecule has 0 spiro atoms. The SMILES string of the molecule is Cc1ccc(-c2cnc3nc(C(F)(F)F)cnn23)cc1. The molecule has 0 aliphatic carbocycles. The average Bonchev–Trinajstić information content (AvgIpc) is 2.81. The van der Waals surface area contributed by atoms with E-state index in [0.29, 0.717) is 11.9 Å². The molecule has 0 aliphatic heterocycles. The van der Waals surface area contributed by atoms with Crippen LogP contribution in [0.5, 0.6) is 0 Å². The van der Waals surface area contributed by atoms with Crippen LogP contribution in [0.25, 0.3) is 17.0 Å². The molecule has 0 atom stereocenters. The van der Waals surface area contributed by atoms with Gasteiger partial charge in [-0.1, -0.05) is 29.8 Å². The zero-order valence-corrected chi connectivity index (χ0v) is 10.4. The second-order valence-corrected chi connectivity index (χ2v) is 4.36. The molecular formula is C13H9F3N4. The first-order valence-electron chi connectivity index (χ1n) is 5.80. The van der Waals surface area contributed by atoms with Crippen LogP contribution in [0.4, 0.5) is 13.2 Å². The minimum Gasteiger partial charge on any atom is -0.217 e. The van der Waals surface area contributed by atoms with Gasteiger partial charge in [-0.15, -0.1) is 0 Å². The summed E-state index contributed by atoms with van der Waals surface area (Å²) in [6, 6.07) is 7.54. The molecular weight excluding hydrogens is 269 g/mol. The maximum Gasteiger partial charge on any atom is 0.435 e. The molecule has 0 saturated carbocycles. The zero-order valence-electron chi connectivity index (χ0n) is 10.4. The monoisotopic (exact) mass is 278 g/mol. The minimum atomic E-state index is -4.52. The number of rotatable bonds is 1. The molecule has 0 radical (unpaired) electrons. The lowest BCUT2D eigenvalue weighted by Gasteiger charge is -2.05. The van der Waals surface area contributed by atoms with Crippen molar-refractivity contribution in [1.29, 1.82) is 0 Å². The lowest BCUT2D eigenvalue weighted by Crippen LogP contribution is -2.11. The highest BCUT2D eigenvalue weighted by Crippen LogP contribution is 2.27. The molecule has 0 unspecified atom stereocenters. The van der Waals surface area contributed by atoms with Gasteiger partial charge < -0.3 is 0 Å². The lowest BCUT2D eigenvalue weighted by molar-refractivity contribution is -0.141. The van der Waals surface area contributed by atoms with Gasteiger partial charge in [-0.25, -0.2) is 9.97 Å². The van der Waals surface area contributed by atoms with E-state index in [1.165, 1.54) is 10.7 Å². The Morgan fingerprint density at radius 2 is 1.75 bits per heavy atom. The van der Waals surface area contributed by atoms with Crippen molar-refractivity contribution in [3.8, 4) is 11.3 Å². The van der Waals surface area contributed by atoms with E-state index in [1.807, 2.05) is 31.2 Å². The molecule has 0 aliphatic rings. The summed E-state index contributed by atoms with van der Waals surface area (Å²) in [6.07, 6.45) is -2.36. The van der Waals surface area contributed by atoms with Crippen molar-refractivity contribution in [1.82, 2.24) is 19.6 Å². The number of alkyl halides is 3. The zero-order chi connectivity index (χ0) is 14.3. The van der Waals surface area contributed by atoms with E-state index >= 15 is 0 Å². The first-order chi connectivity index (χ1) is 9.45. The quantitative estimate of drug-likeness (QED) is 0.687. The molecule has 7 heteroatoms. The van der Waals surface area contributed by atoms with Crippen LogP contribution < -0.4 is 0 Å². The van der Waals surface area contributed by atoms with Crippen LogP contribution in [0.2, 0.25) is 0 Å². The van der Waals surface area contributed by atoms with Crippen LogP contribution >= 0.6 is 0 Å². The Hall–Kier alpha value is -2.44. The standard InChI is InChI=1S/C13H9F3N4/c1-8-2-4-9(5-3-8)10-6-17-12-19-11(13(14,15)16)7-18-20(10)12/h2-7H,1H3. The van der Waals surface area contributed by atoms with Crippen molar-refractivity contribution in [3.63, 3.8) is 0 Å². The molecule has 0 fully saturated rings. The Labute approximate surface area is 111 Å². The highest BCUT2D eigenvalue weighted by molar-refractivity contribution is 5.61. The topological polar surface area (TPSA) is 43.1 Å². The van der Waals surface area contributed by atoms with Gasteiger partial charge in [0.15, 0.2) is 5.69 Å². The third-order valence-electron chi connectivity index (χ3n) is 2.87. The Balaban J connectivity index is 2.13. The fraction of sp³-hybridized carbons (Fsp3) is 0.154. The smallest absolute Gasteiger partial charge is 0.217 e. The van der Waals surface area contributed by atoms with E-state index in [-0.39, 0.29) is 5.78 Å². The highest BCUT2D eigenvalue weighted by atomic mass is 19.4. The van der Waals surface area contributed by atoms with Gasteiger partial charge in [0.2, 0.25) is 0 Å². The summed E-state index contributed by atoms with van der Waals surface area (Å²) >= 11 is 0. The fourth-order valence-electron chi connectivity index (χ4n) is 1.83. The number of aryl methyl sites for hydroxylation is 1. The molecule has 3 aromatic rings. The van der Waals surface area contributed by atoms with Gasteiger partial charge in [0.25, 0.3) is 5.78 Å². The summed E-state index contributed by atoms with van der Waals surface area (Å²) in [7, 11) is 0. The molecule has 0 amide bonds. The van der Waals surface area contributed by atoms with Gasteiger partial charge in [0.05, 0.1) is 18.1 Å². The van der Waals surface area contributed by atoms with Crippen LogP contribution in [0, 0.1) is 6.92 Å². The Morgan fingerprint density at radius 3 is 2.40 bits per heavy atom. The van der Waals surface area contributed by atoms with Gasteiger partial charge in [-0.05, 0) is 6.92 Å². The first kappa shape index (κ1) is 12.6. The number of hydrogen-bond donors (Lipinski definition) is 0. The van der Waals surface area contributed by atoms with Gasteiger partial charge in [-0.3, -0.25) is 0 Å². The maximum absolute atomic E-state index is 12.6. The molecule has 2 aromatic heterocycles. The number of halogens is 3. The van der Waals surface area contributed by atoms with Crippen LogP contribution in [0.1, 0.15) is 11.3 Å². The molecule has 1 aromatic carbocycles. The van der Waals surface area contributed by atoms with Gasteiger partial charge >= 0.3 is 6.18 Å².